The predicted octanol–water partition coefficient (Wildman–Crippen LogP) is 4.46. The van der Waals surface area contributed by atoms with Crippen LogP contribution in [0.2, 0.25) is 0 Å². The van der Waals surface area contributed by atoms with E-state index >= 15 is 0 Å². The lowest BCUT2D eigenvalue weighted by Gasteiger charge is -2.14. The second kappa shape index (κ2) is 5.48. The van der Waals surface area contributed by atoms with Crippen LogP contribution in [0.15, 0.2) is 18.2 Å². The molecule has 0 spiro atoms. The molecule has 1 aromatic heterocycles. The van der Waals surface area contributed by atoms with E-state index in [4.69, 9.17) is 0 Å². The van der Waals surface area contributed by atoms with Crippen molar-refractivity contribution < 1.29 is 4.39 Å². The molecule has 0 aliphatic rings. The van der Waals surface area contributed by atoms with Crippen LogP contribution in [0.25, 0.3) is 0 Å². The minimum Gasteiger partial charge on any atom is -0.354 e. The molecule has 0 aliphatic heterocycles. The van der Waals surface area contributed by atoms with E-state index in [0.717, 1.165) is 16.5 Å². The first-order valence-electron chi connectivity index (χ1n) is 6.64. The van der Waals surface area contributed by atoms with E-state index in [0.29, 0.717) is 5.56 Å². The predicted molar refractivity (Wildman–Crippen MR) is 81.8 cm³/mol. The van der Waals surface area contributed by atoms with Crippen LogP contribution >= 0.6 is 11.5 Å². The molecule has 0 aliphatic carbocycles. The van der Waals surface area contributed by atoms with Crippen molar-refractivity contribution in [3.63, 3.8) is 0 Å². The van der Waals surface area contributed by atoms with Gasteiger partial charge < -0.3 is 5.32 Å². The number of benzene rings is 1. The fraction of sp³-hybridized carbons (Fsp3) is 0.467. The third-order valence-electron chi connectivity index (χ3n) is 3.13. The van der Waals surface area contributed by atoms with Gasteiger partial charge in [0.15, 0.2) is 0 Å². The number of nitrogens with one attached hydrogen (secondary N) is 1. The van der Waals surface area contributed by atoms with Gasteiger partial charge in [-0.3, -0.25) is 0 Å². The lowest BCUT2D eigenvalue weighted by Crippen LogP contribution is -2.13. The molecule has 1 heterocycles. The zero-order valence-corrected chi connectivity index (χ0v) is 13.3. The zero-order valence-electron chi connectivity index (χ0n) is 12.5. The topological polar surface area (TPSA) is 37.8 Å². The van der Waals surface area contributed by atoms with Crippen molar-refractivity contribution in [2.75, 3.05) is 5.32 Å². The van der Waals surface area contributed by atoms with Crippen LogP contribution in [0, 0.1) is 12.7 Å². The molecule has 1 unspecified atom stereocenters. The van der Waals surface area contributed by atoms with E-state index in [1.165, 1.54) is 11.5 Å². The number of anilines is 1. The summed E-state index contributed by atoms with van der Waals surface area (Å²) in [4.78, 5) is 4.49. The maximum atomic E-state index is 13.6. The smallest absolute Gasteiger partial charge is 0.203 e. The summed E-state index contributed by atoms with van der Waals surface area (Å²) >= 11 is 1.34. The third-order valence-corrected chi connectivity index (χ3v) is 3.78. The first kappa shape index (κ1) is 14.9. The highest BCUT2D eigenvalue weighted by Crippen LogP contribution is 2.26. The monoisotopic (exact) mass is 293 g/mol. The van der Waals surface area contributed by atoms with Gasteiger partial charge in [-0.1, -0.05) is 32.9 Å². The summed E-state index contributed by atoms with van der Waals surface area (Å²) in [6.45, 7) is 9.99. The molecule has 1 atom stereocenters. The number of rotatable bonds is 3. The Kier molecular flexibility index (Phi) is 4.09. The summed E-state index contributed by atoms with van der Waals surface area (Å²) in [6.07, 6.45) is 0. The Morgan fingerprint density at radius 1 is 1.30 bits per heavy atom. The standard InChI is InChI=1S/C15H20FN3S/c1-9-6-7-11(8-12(9)16)10(2)17-14-18-13(19-20-14)15(3,4)5/h6-8,10H,1-5H3,(H,17,18,19). The van der Waals surface area contributed by atoms with Gasteiger partial charge in [-0.15, -0.1) is 0 Å². The Balaban J connectivity index is 2.13. The molecule has 0 bridgehead atoms. The van der Waals surface area contributed by atoms with E-state index in [9.17, 15) is 4.39 Å². The fourth-order valence-corrected chi connectivity index (χ4v) is 2.58. The normalized spacial score (nSPS) is 13.3. The van der Waals surface area contributed by atoms with Crippen molar-refractivity contribution >= 4 is 16.7 Å². The summed E-state index contributed by atoms with van der Waals surface area (Å²) < 4.78 is 17.9. The van der Waals surface area contributed by atoms with Gasteiger partial charge in [0, 0.05) is 16.9 Å². The Labute approximate surface area is 123 Å². The Bertz CT molecular complexity index is 601. The highest BCUT2D eigenvalue weighted by molar-refractivity contribution is 7.09. The minimum absolute atomic E-state index is 0.00846. The maximum absolute atomic E-state index is 13.6. The van der Waals surface area contributed by atoms with Crippen LogP contribution in [0.1, 0.15) is 50.7 Å². The SMILES string of the molecule is Cc1ccc(C(C)Nc2nc(C(C)(C)C)ns2)cc1F. The molecule has 2 rings (SSSR count). The molecule has 1 aromatic carbocycles. The molecule has 0 saturated carbocycles. The van der Waals surface area contributed by atoms with Crippen LogP contribution in [-0.2, 0) is 5.41 Å². The molecule has 108 valence electrons. The average Bonchev–Trinajstić information content (AvgIpc) is 2.81. The maximum Gasteiger partial charge on any atom is 0.203 e. The lowest BCUT2D eigenvalue weighted by molar-refractivity contribution is 0.555. The first-order chi connectivity index (χ1) is 9.27. The molecule has 0 amide bonds. The van der Waals surface area contributed by atoms with Crippen molar-refractivity contribution in [2.45, 2.75) is 46.1 Å². The number of hydrogen-bond donors (Lipinski definition) is 1. The Morgan fingerprint density at radius 3 is 2.55 bits per heavy atom. The molecule has 2 aromatic rings. The summed E-state index contributed by atoms with van der Waals surface area (Å²) in [7, 11) is 0. The second-order valence-corrected chi connectivity index (χ2v) is 6.80. The molecule has 1 N–H and O–H groups in total. The quantitative estimate of drug-likeness (QED) is 0.908. The van der Waals surface area contributed by atoms with E-state index in [1.54, 1.807) is 19.1 Å². The van der Waals surface area contributed by atoms with Crippen molar-refractivity contribution in [1.82, 2.24) is 9.36 Å². The molecular weight excluding hydrogens is 273 g/mol. The summed E-state index contributed by atoms with van der Waals surface area (Å²) in [6, 6.07) is 5.29. The van der Waals surface area contributed by atoms with Crippen molar-refractivity contribution in [1.29, 1.82) is 0 Å². The third kappa shape index (κ3) is 3.33. The van der Waals surface area contributed by atoms with Crippen molar-refractivity contribution in [3.8, 4) is 0 Å². The minimum atomic E-state index is -0.177. The summed E-state index contributed by atoms with van der Waals surface area (Å²) in [5, 5.41) is 4.04. The van der Waals surface area contributed by atoms with Crippen molar-refractivity contribution in [3.05, 3.63) is 41.0 Å². The molecule has 0 saturated heterocycles. The van der Waals surface area contributed by atoms with Gasteiger partial charge in [0.1, 0.15) is 11.6 Å². The van der Waals surface area contributed by atoms with Crippen LogP contribution in [-0.4, -0.2) is 9.36 Å². The highest BCUT2D eigenvalue weighted by Gasteiger charge is 2.20. The summed E-state index contributed by atoms with van der Waals surface area (Å²) in [5.41, 5.74) is 1.50. The number of aromatic nitrogens is 2. The van der Waals surface area contributed by atoms with Crippen LogP contribution < -0.4 is 5.32 Å². The van der Waals surface area contributed by atoms with Gasteiger partial charge >= 0.3 is 0 Å². The van der Waals surface area contributed by atoms with Gasteiger partial charge in [0.2, 0.25) is 5.13 Å². The summed E-state index contributed by atoms with van der Waals surface area (Å²) in [5.74, 6) is 0.649. The molecule has 5 heteroatoms. The number of aryl methyl sites for hydroxylation is 1. The Hall–Kier alpha value is -1.49. The van der Waals surface area contributed by atoms with Gasteiger partial charge in [-0.25, -0.2) is 9.37 Å². The van der Waals surface area contributed by atoms with Crippen LogP contribution in [0.3, 0.4) is 0 Å². The first-order valence-corrected chi connectivity index (χ1v) is 7.41. The van der Waals surface area contributed by atoms with Gasteiger partial charge in [-0.2, -0.15) is 4.37 Å². The molecule has 3 nitrogen and oxygen atoms in total. The lowest BCUT2D eigenvalue weighted by atomic mass is 9.96. The molecule has 20 heavy (non-hydrogen) atoms. The molecule has 0 radical (unpaired) electrons. The van der Waals surface area contributed by atoms with E-state index in [-0.39, 0.29) is 17.3 Å². The molecule has 0 fully saturated rings. The van der Waals surface area contributed by atoms with E-state index < -0.39 is 0 Å². The fourth-order valence-electron chi connectivity index (χ4n) is 1.73. The molecular formula is C15H20FN3S. The average molecular weight is 293 g/mol. The highest BCUT2D eigenvalue weighted by atomic mass is 32.1. The number of nitrogens with zero attached hydrogens (tertiary/aromatic N) is 2. The zero-order chi connectivity index (χ0) is 14.9. The van der Waals surface area contributed by atoms with E-state index in [1.807, 2.05) is 13.0 Å². The second-order valence-electron chi connectivity index (χ2n) is 6.05. The number of hydrogen-bond acceptors (Lipinski definition) is 4. The van der Waals surface area contributed by atoms with Gasteiger partial charge in [-0.05, 0) is 31.0 Å². The van der Waals surface area contributed by atoms with Crippen LogP contribution in [0.4, 0.5) is 9.52 Å². The van der Waals surface area contributed by atoms with Crippen molar-refractivity contribution in [2.24, 2.45) is 0 Å². The number of halogens is 1. The van der Waals surface area contributed by atoms with Gasteiger partial charge in [0.25, 0.3) is 0 Å². The largest absolute Gasteiger partial charge is 0.354 e. The van der Waals surface area contributed by atoms with Crippen LogP contribution in [0.5, 0.6) is 0 Å². The Morgan fingerprint density at radius 2 is 2.00 bits per heavy atom. The van der Waals surface area contributed by atoms with Gasteiger partial charge in [0.05, 0.1) is 6.04 Å². The van der Waals surface area contributed by atoms with E-state index in [2.05, 4.69) is 35.4 Å².